The molecular formula is C18H26N4O2S3. The van der Waals surface area contributed by atoms with Crippen molar-refractivity contribution >= 4 is 39.1 Å². The predicted molar refractivity (Wildman–Crippen MR) is 115 cm³/mol. The fraction of sp³-hybridized carbons (Fsp3) is 0.389. The zero-order valence-electron chi connectivity index (χ0n) is 16.0. The van der Waals surface area contributed by atoms with Crippen molar-refractivity contribution in [2.75, 3.05) is 26.4 Å². The van der Waals surface area contributed by atoms with E-state index in [4.69, 9.17) is 0 Å². The molecule has 6 nitrogen and oxygen atoms in total. The fourth-order valence-electron chi connectivity index (χ4n) is 2.39. The molecule has 0 fully saturated rings. The van der Waals surface area contributed by atoms with Crippen molar-refractivity contribution in [1.29, 1.82) is 0 Å². The zero-order valence-corrected chi connectivity index (χ0v) is 18.4. The molecule has 9 heteroatoms. The number of hydrogen-bond acceptors (Lipinski definition) is 5. The molecule has 27 heavy (non-hydrogen) atoms. The third-order valence-corrected chi connectivity index (χ3v) is 7.58. The standard InChI is InChI=1S/C18H26N4O2S3/c1-13-5-7-15(16(11-13)25-4)12-21-18(19-3)20-9-10-22-27(23,24)17-8-6-14(2)26-17/h5-8,11,22H,9-10,12H2,1-4H3,(H2,19,20,21). The van der Waals surface area contributed by atoms with Gasteiger partial charge in [0.2, 0.25) is 10.0 Å². The Labute approximate surface area is 169 Å². The molecule has 0 aliphatic rings. The molecule has 0 saturated carbocycles. The first-order valence-corrected chi connectivity index (χ1v) is 12.0. The van der Waals surface area contributed by atoms with Crippen LogP contribution in [0.3, 0.4) is 0 Å². The molecule has 0 bridgehead atoms. The van der Waals surface area contributed by atoms with E-state index < -0.39 is 10.0 Å². The second kappa shape index (κ2) is 10.1. The number of aryl methyl sites for hydroxylation is 2. The van der Waals surface area contributed by atoms with Gasteiger partial charge in [-0.3, -0.25) is 4.99 Å². The predicted octanol–water partition coefficient (Wildman–Crippen LogP) is 2.73. The van der Waals surface area contributed by atoms with Crippen LogP contribution in [0.25, 0.3) is 0 Å². The van der Waals surface area contributed by atoms with Crippen molar-refractivity contribution < 1.29 is 8.42 Å². The van der Waals surface area contributed by atoms with Crippen LogP contribution in [0.2, 0.25) is 0 Å². The van der Waals surface area contributed by atoms with Gasteiger partial charge in [-0.15, -0.1) is 23.1 Å². The van der Waals surface area contributed by atoms with Crippen molar-refractivity contribution in [3.63, 3.8) is 0 Å². The van der Waals surface area contributed by atoms with E-state index in [9.17, 15) is 8.42 Å². The van der Waals surface area contributed by atoms with E-state index in [1.54, 1.807) is 30.9 Å². The lowest BCUT2D eigenvalue weighted by Crippen LogP contribution is -2.41. The molecule has 1 aromatic carbocycles. The highest BCUT2D eigenvalue weighted by Crippen LogP contribution is 2.21. The second-order valence-corrected chi connectivity index (χ2v) is 10.1. The molecular weight excluding hydrogens is 400 g/mol. The number of rotatable bonds is 8. The Morgan fingerprint density at radius 1 is 1.15 bits per heavy atom. The lowest BCUT2D eigenvalue weighted by Gasteiger charge is -2.14. The average Bonchev–Trinajstić information content (AvgIpc) is 3.09. The summed E-state index contributed by atoms with van der Waals surface area (Å²) in [6.45, 7) is 5.33. The quantitative estimate of drug-likeness (QED) is 0.262. The molecule has 0 radical (unpaired) electrons. The molecule has 2 aromatic rings. The smallest absolute Gasteiger partial charge is 0.250 e. The van der Waals surface area contributed by atoms with Gasteiger partial charge in [-0.05, 0) is 49.4 Å². The number of sulfonamides is 1. The van der Waals surface area contributed by atoms with Gasteiger partial charge in [-0.25, -0.2) is 13.1 Å². The van der Waals surface area contributed by atoms with Crippen LogP contribution in [-0.2, 0) is 16.6 Å². The van der Waals surface area contributed by atoms with E-state index in [2.05, 4.69) is 51.7 Å². The van der Waals surface area contributed by atoms with Gasteiger partial charge in [0.15, 0.2) is 5.96 Å². The zero-order chi connectivity index (χ0) is 19.9. The van der Waals surface area contributed by atoms with Crippen LogP contribution >= 0.6 is 23.1 Å². The lowest BCUT2D eigenvalue weighted by atomic mass is 10.1. The van der Waals surface area contributed by atoms with Crippen LogP contribution in [0.15, 0.2) is 44.4 Å². The van der Waals surface area contributed by atoms with Crippen LogP contribution in [-0.4, -0.2) is 40.8 Å². The summed E-state index contributed by atoms with van der Waals surface area (Å²) < 4.78 is 27.3. The largest absolute Gasteiger partial charge is 0.355 e. The minimum absolute atomic E-state index is 0.278. The summed E-state index contributed by atoms with van der Waals surface area (Å²) in [5, 5.41) is 6.39. The SMILES string of the molecule is CN=C(NCCNS(=O)(=O)c1ccc(C)s1)NCc1ccc(C)cc1SC. The summed E-state index contributed by atoms with van der Waals surface area (Å²) in [4.78, 5) is 6.39. The Balaban J connectivity index is 1.81. The van der Waals surface area contributed by atoms with E-state index in [0.717, 1.165) is 4.88 Å². The number of benzene rings is 1. The Kier molecular flexibility index (Phi) is 8.15. The number of thioether (sulfide) groups is 1. The molecule has 1 heterocycles. The van der Waals surface area contributed by atoms with Crippen molar-refractivity contribution in [1.82, 2.24) is 15.4 Å². The Morgan fingerprint density at radius 3 is 2.56 bits per heavy atom. The summed E-state index contributed by atoms with van der Waals surface area (Å²) >= 11 is 2.98. The van der Waals surface area contributed by atoms with Crippen LogP contribution in [0.4, 0.5) is 0 Å². The van der Waals surface area contributed by atoms with Crippen LogP contribution in [0.1, 0.15) is 16.0 Å². The summed E-state index contributed by atoms with van der Waals surface area (Å²) in [5.41, 5.74) is 2.43. The molecule has 0 amide bonds. The van der Waals surface area contributed by atoms with Crippen molar-refractivity contribution in [2.24, 2.45) is 4.99 Å². The number of aliphatic imine (C=N–C) groups is 1. The van der Waals surface area contributed by atoms with E-state index >= 15 is 0 Å². The van der Waals surface area contributed by atoms with E-state index in [1.165, 1.54) is 27.4 Å². The number of thiophene rings is 1. The van der Waals surface area contributed by atoms with Crippen LogP contribution in [0, 0.1) is 13.8 Å². The van der Waals surface area contributed by atoms with Gasteiger partial charge in [-0.2, -0.15) is 0 Å². The Bertz CT molecular complexity index is 892. The van der Waals surface area contributed by atoms with Crippen molar-refractivity contribution in [3.05, 3.63) is 46.3 Å². The normalized spacial score (nSPS) is 12.2. The summed E-state index contributed by atoms with van der Waals surface area (Å²) in [6.07, 6.45) is 2.06. The van der Waals surface area contributed by atoms with Crippen molar-refractivity contribution in [2.45, 2.75) is 29.5 Å². The molecule has 0 aliphatic heterocycles. The highest BCUT2D eigenvalue weighted by Gasteiger charge is 2.15. The van der Waals surface area contributed by atoms with Gasteiger partial charge in [-0.1, -0.05) is 12.1 Å². The Hall–Kier alpha value is -1.55. The molecule has 0 aliphatic carbocycles. The molecule has 1 aromatic heterocycles. The summed E-state index contributed by atoms with van der Waals surface area (Å²) in [6, 6.07) is 9.80. The maximum atomic E-state index is 12.2. The van der Waals surface area contributed by atoms with E-state index in [1.807, 2.05) is 6.92 Å². The average molecular weight is 427 g/mol. The van der Waals surface area contributed by atoms with Crippen LogP contribution < -0.4 is 15.4 Å². The molecule has 0 atom stereocenters. The van der Waals surface area contributed by atoms with Gasteiger partial charge >= 0.3 is 0 Å². The molecule has 0 unspecified atom stereocenters. The minimum atomic E-state index is -3.45. The molecule has 3 N–H and O–H groups in total. The first kappa shape index (κ1) is 21.7. The van der Waals surface area contributed by atoms with Gasteiger partial charge in [0.1, 0.15) is 4.21 Å². The van der Waals surface area contributed by atoms with Crippen LogP contribution in [0.5, 0.6) is 0 Å². The molecule has 0 spiro atoms. The van der Waals surface area contributed by atoms with Gasteiger partial charge in [0, 0.05) is 36.5 Å². The van der Waals surface area contributed by atoms with Gasteiger partial charge in [0.05, 0.1) is 0 Å². The monoisotopic (exact) mass is 426 g/mol. The summed E-state index contributed by atoms with van der Waals surface area (Å²) in [5.74, 6) is 0.633. The third kappa shape index (κ3) is 6.53. The maximum absolute atomic E-state index is 12.2. The number of nitrogens with zero attached hydrogens (tertiary/aromatic N) is 1. The topological polar surface area (TPSA) is 82.6 Å². The molecule has 0 saturated heterocycles. The fourth-order valence-corrected chi connectivity index (χ4v) is 5.46. The Morgan fingerprint density at radius 2 is 1.93 bits per heavy atom. The maximum Gasteiger partial charge on any atom is 0.250 e. The highest BCUT2D eigenvalue weighted by atomic mass is 32.2. The lowest BCUT2D eigenvalue weighted by molar-refractivity contribution is 0.582. The van der Waals surface area contributed by atoms with Gasteiger partial charge < -0.3 is 10.6 Å². The molecule has 148 valence electrons. The van der Waals surface area contributed by atoms with E-state index in [0.29, 0.717) is 23.3 Å². The summed E-state index contributed by atoms with van der Waals surface area (Å²) in [7, 11) is -1.75. The second-order valence-electron chi connectivity index (χ2n) is 5.93. The number of hydrogen-bond donors (Lipinski definition) is 3. The van der Waals surface area contributed by atoms with Gasteiger partial charge in [0.25, 0.3) is 0 Å². The first-order valence-electron chi connectivity index (χ1n) is 8.50. The van der Waals surface area contributed by atoms with Crippen molar-refractivity contribution in [3.8, 4) is 0 Å². The number of nitrogens with one attached hydrogen (secondary N) is 3. The van der Waals surface area contributed by atoms with E-state index in [-0.39, 0.29) is 6.54 Å². The number of guanidine groups is 1. The highest BCUT2D eigenvalue weighted by molar-refractivity contribution is 7.98. The third-order valence-electron chi connectivity index (χ3n) is 3.80. The minimum Gasteiger partial charge on any atom is -0.355 e. The molecule has 2 rings (SSSR count). The first-order chi connectivity index (χ1) is 12.9.